The Morgan fingerprint density at radius 2 is 2.06 bits per heavy atom. The summed E-state index contributed by atoms with van der Waals surface area (Å²) in [6.07, 6.45) is 0.620. The van der Waals surface area contributed by atoms with Gasteiger partial charge in [0.1, 0.15) is 0 Å². The topological polar surface area (TPSA) is 42.0 Å². The van der Waals surface area contributed by atoms with Gasteiger partial charge in [0.15, 0.2) is 0 Å². The molecule has 0 aliphatic rings. The van der Waals surface area contributed by atoms with E-state index in [-0.39, 0.29) is 11.6 Å². The van der Waals surface area contributed by atoms with Crippen molar-refractivity contribution in [3.05, 3.63) is 24.0 Å². The number of halogens is 2. The van der Waals surface area contributed by atoms with Crippen molar-refractivity contribution < 1.29 is 13.6 Å². The van der Waals surface area contributed by atoms with Gasteiger partial charge in [0.2, 0.25) is 17.8 Å². The Bertz CT molecular complexity index is 405. The van der Waals surface area contributed by atoms with Gasteiger partial charge in [-0.1, -0.05) is 20.8 Å². The van der Waals surface area contributed by atoms with Gasteiger partial charge in [0.05, 0.1) is 5.69 Å². The van der Waals surface area contributed by atoms with Crippen LogP contribution < -0.4 is 5.32 Å². The number of aromatic nitrogens is 1. The highest BCUT2D eigenvalue weighted by Crippen LogP contribution is 2.22. The maximum absolute atomic E-state index is 13.1. The molecule has 0 atom stereocenters. The summed E-state index contributed by atoms with van der Waals surface area (Å²) in [5.74, 6) is -2.24. The molecule has 0 unspecified atom stereocenters. The third-order valence-electron chi connectivity index (χ3n) is 2.56. The molecule has 1 heterocycles. The van der Waals surface area contributed by atoms with Gasteiger partial charge in [-0.15, -0.1) is 0 Å². The number of amides is 1. The SMILES string of the molecule is CCC(C)(C)C(=O)Nc1ccc(F)nc1F. The average molecular weight is 228 g/mol. The summed E-state index contributed by atoms with van der Waals surface area (Å²) in [4.78, 5) is 14.7. The minimum absolute atomic E-state index is 0.104. The van der Waals surface area contributed by atoms with Crippen molar-refractivity contribution in [3.8, 4) is 0 Å². The molecule has 0 radical (unpaired) electrons. The van der Waals surface area contributed by atoms with Crippen LogP contribution in [0.5, 0.6) is 0 Å². The van der Waals surface area contributed by atoms with Crippen LogP contribution in [0.1, 0.15) is 27.2 Å². The number of carbonyl (C=O) groups is 1. The van der Waals surface area contributed by atoms with Crippen LogP contribution in [0, 0.1) is 17.3 Å². The van der Waals surface area contributed by atoms with Crippen LogP contribution in [-0.2, 0) is 4.79 Å². The lowest BCUT2D eigenvalue weighted by Crippen LogP contribution is -2.30. The quantitative estimate of drug-likeness (QED) is 0.808. The largest absolute Gasteiger partial charge is 0.322 e. The Morgan fingerprint density at radius 1 is 1.44 bits per heavy atom. The summed E-state index contributed by atoms with van der Waals surface area (Å²) in [5.41, 5.74) is -0.700. The van der Waals surface area contributed by atoms with Crippen molar-refractivity contribution in [1.29, 1.82) is 0 Å². The lowest BCUT2D eigenvalue weighted by Gasteiger charge is -2.21. The van der Waals surface area contributed by atoms with Gasteiger partial charge in [0.25, 0.3) is 0 Å². The van der Waals surface area contributed by atoms with E-state index in [1.54, 1.807) is 13.8 Å². The van der Waals surface area contributed by atoms with Crippen LogP contribution in [0.15, 0.2) is 12.1 Å². The van der Waals surface area contributed by atoms with E-state index < -0.39 is 17.3 Å². The van der Waals surface area contributed by atoms with Crippen molar-refractivity contribution in [2.45, 2.75) is 27.2 Å². The average Bonchev–Trinajstić information content (AvgIpc) is 2.22. The monoisotopic (exact) mass is 228 g/mol. The molecule has 0 saturated heterocycles. The molecule has 0 fully saturated rings. The van der Waals surface area contributed by atoms with Crippen LogP contribution in [0.2, 0.25) is 0 Å². The minimum Gasteiger partial charge on any atom is -0.322 e. The van der Waals surface area contributed by atoms with Gasteiger partial charge in [-0.05, 0) is 18.6 Å². The zero-order valence-electron chi connectivity index (χ0n) is 9.47. The predicted octanol–water partition coefficient (Wildman–Crippen LogP) is 2.73. The molecule has 0 aliphatic carbocycles. The molecular weight excluding hydrogens is 214 g/mol. The van der Waals surface area contributed by atoms with Crippen molar-refractivity contribution in [3.63, 3.8) is 0 Å². The molecule has 0 saturated carbocycles. The van der Waals surface area contributed by atoms with E-state index in [0.29, 0.717) is 6.42 Å². The fourth-order valence-electron chi connectivity index (χ4n) is 0.957. The Hall–Kier alpha value is -1.52. The van der Waals surface area contributed by atoms with E-state index in [1.807, 2.05) is 6.92 Å². The summed E-state index contributed by atoms with van der Waals surface area (Å²) in [7, 11) is 0. The summed E-state index contributed by atoms with van der Waals surface area (Å²) >= 11 is 0. The molecule has 1 aromatic rings. The first kappa shape index (κ1) is 12.5. The van der Waals surface area contributed by atoms with Crippen molar-refractivity contribution in [1.82, 2.24) is 4.98 Å². The number of pyridine rings is 1. The second kappa shape index (κ2) is 4.55. The van der Waals surface area contributed by atoms with Gasteiger partial charge >= 0.3 is 0 Å². The standard InChI is InChI=1S/C11H14F2N2O/c1-4-11(2,3)10(16)14-7-5-6-8(12)15-9(7)13/h5-6H,4H2,1-3H3,(H,14,16). The number of hydrogen-bond donors (Lipinski definition) is 1. The number of anilines is 1. The third kappa shape index (κ3) is 2.74. The zero-order chi connectivity index (χ0) is 12.3. The second-order valence-electron chi connectivity index (χ2n) is 4.16. The Labute approximate surface area is 92.9 Å². The Kier molecular flexibility index (Phi) is 3.57. The van der Waals surface area contributed by atoms with Gasteiger partial charge in [-0.3, -0.25) is 4.79 Å². The summed E-state index contributed by atoms with van der Waals surface area (Å²) < 4.78 is 25.7. The van der Waals surface area contributed by atoms with E-state index in [0.717, 1.165) is 12.1 Å². The summed E-state index contributed by atoms with van der Waals surface area (Å²) in [5, 5.41) is 2.39. The second-order valence-corrected chi connectivity index (χ2v) is 4.16. The van der Waals surface area contributed by atoms with E-state index >= 15 is 0 Å². The molecule has 1 rings (SSSR count). The Morgan fingerprint density at radius 3 is 2.56 bits per heavy atom. The fraction of sp³-hybridized carbons (Fsp3) is 0.455. The minimum atomic E-state index is -1.01. The number of rotatable bonds is 3. The van der Waals surface area contributed by atoms with Gasteiger partial charge in [0, 0.05) is 5.41 Å². The molecule has 88 valence electrons. The van der Waals surface area contributed by atoms with E-state index in [1.165, 1.54) is 0 Å². The van der Waals surface area contributed by atoms with E-state index in [4.69, 9.17) is 0 Å². The fourth-order valence-corrected chi connectivity index (χ4v) is 0.957. The molecule has 0 spiro atoms. The van der Waals surface area contributed by atoms with Crippen LogP contribution in [0.3, 0.4) is 0 Å². The number of carbonyl (C=O) groups excluding carboxylic acids is 1. The van der Waals surface area contributed by atoms with E-state index in [9.17, 15) is 13.6 Å². The first-order valence-corrected chi connectivity index (χ1v) is 5.00. The van der Waals surface area contributed by atoms with Crippen molar-refractivity contribution in [2.24, 2.45) is 5.41 Å². The maximum atomic E-state index is 13.1. The van der Waals surface area contributed by atoms with Gasteiger partial charge in [-0.2, -0.15) is 13.8 Å². The van der Waals surface area contributed by atoms with Gasteiger partial charge < -0.3 is 5.32 Å². The van der Waals surface area contributed by atoms with Crippen molar-refractivity contribution >= 4 is 11.6 Å². The molecule has 1 N–H and O–H groups in total. The summed E-state index contributed by atoms with van der Waals surface area (Å²) in [6, 6.07) is 2.15. The zero-order valence-corrected chi connectivity index (χ0v) is 9.47. The highest BCUT2D eigenvalue weighted by atomic mass is 19.1. The van der Waals surface area contributed by atoms with Crippen LogP contribution in [0.25, 0.3) is 0 Å². The smallest absolute Gasteiger partial charge is 0.239 e. The molecule has 0 aliphatic heterocycles. The highest BCUT2D eigenvalue weighted by Gasteiger charge is 2.26. The van der Waals surface area contributed by atoms with E-state index in [2.05, 4.69) is 10.3 Å². The third-order valence-corrected chi connectivity index (χ3v) is 2.56. The first-order chi connectivity index (χ1) is 7.36. The molecule has 16 heavy (non-hydrogen) atoms. The molecule has 1 amide bonds. The number of nitrogens with one attached hydrogen (secondary N) is 1. The molecule has 0 bridgehead atoms. The number of hydrogen-bond acceptors (Lipinski definition) is 2. The molecular formula is C11H14F2N2O. The lowest BCUT2D eigenvalue weighted by atomic mass is 9.89. The van der Waals surface area contributed by atoms with Crippen LogP contribution in [-0.4, -0.2) is 10.9 Å². The molecule has 1 aromatic heterocycles. The van der Waals surface area contributed by atoms with Crippen molar-refractivity contribution in [2.75, 3.05) is 5.32 Å². The van der Waals surface area contributed by atoms with Crippen LogP contribution >= 0.6 is 0 Å². The Balaban J connectivity index is 2.85. The molecule has 3 nitrogen and oxygen atoms in total. The first-order valence-electron chi connectivity index (χ1n) is 5.00. The maximum Gasteiger partial charge on any atom is 0.239 e. The molecule has 0 aromatic carbocycles. The summed E-state index contributed by atoms with van der Waals surface area (Å²) in [6.45, 7) is 5.35. The lowest BCUT2D eigenvalue weighted by molar-refractivity contribution is -0.124. The normalized spacial score (nSPS) is 11.3. The predicted molar refractivity (Wildman–Crippen MR) is 56.9 cm³/mol. The highest BCUT2D eigenvalue weighted by molar-refractivity contribution is 5.94. The molecule has 5 heteroatoms. The van der Waals surface area contributed by atoms with Crippen LogP contribution in [0.4, 0.5) is 14.5 Å². The number of nitrogens with zero attached hydrogens (tertiary/aromatic N) is 1. The van der Waals surface area contributed by atoms with Gasteiger partial charge in [-0.25, -0.2) is 0 Å².